The van der Waals surface area contributed by atoms with Gasteiger partial charge in [0.05, 0.1) is 0 Å². The molecule has 0 spiro atoms. The summed E-state index contributed by atoms with van der Waals surface area (Å²) in [7, 11) is 0. The second-order valence-corrected chi connectivity index (χ2v) is 5.75. The summed E-state index contributed by atoms with van der Waals surface area (Å²) in [5.74, 6) is 0. The highest BCUT2D eigenvalue weighted by atomic mass is 35.5. The van der Waals surface area contributed by atoms with Crippen molar-refractivity contribution in [2.24, 2.45) is 5.73 Å². The van der Waals surface area contributed by atoms with Crippen LogP contribution in [0.2, 0.25) is 0 Å². The maximum Gasteiger partial charge on any atom is 0.410 e. The van der Waals surface area contributed by atoms with Crippen LogP contribution in [0, 0.1) is 0 Å². The molecule has 0 radical (unpaired) electrons. The monoisotopic (exact) mass is 315 g/mol. The zero-order chi connectivity index (χ0) is 13.1. The van der Waals surface area contributed by atoms with E-state index in [1.165, 1.54) is 0 Å². The molecule has 1 heterocycles. The van der Waals surface area contributed by atoms with Gasteiger partial charge >= 0.3 is 6.09 Å². The molecular weight excluding hydrogens is 289 g/mol. The standard InChI is InChI=1S/C12H25N3O2.2ClH/c1-10(13)9-14-5-7-15(8-6-14)11(16)17-12(2,3)4;;/h10H,5-9,13H2,1-4H3;2*1H/t10-;;/m1../s1. The third kappa shape index (κ3) is 8.52. The molecule has 0 saturated carbocycles. The molecule has 0 aromatic heterocycles. The van der Waals surface area contributed by atoms with Gasteiger partial charge in [-0.05, 0) is 27.7 Å². The number of rotatable bonds is 2. The Morgan fingerprint density at radius 1 is 1.21 bits per heavy atom. The Balaban J connectivity index is 0. The zero-order valence-corrected chi connectivity index (χ0v) is 13.9. The molecule has 0 unspecified atom stereocenters. The highest BCUT2D eigenvalue weighted by Crippen LogP contribution is 2.11. The first-order valence-electron chi connectivity index (χ1n) is 6.24. The predicted octanol–water partition coefficient (Wildman–Crippen LogP) is 1.73. The first-order chi connectivity index (χ1) is 7.78. The molecule has 7 heteroatoms. The van der Waals surface area contributed by atoms with E-state index in [9.17, 15) is 4.79 Å². The Hall–Kier alpha value is -0.230. The van der Waals surface area contributed by atoms with Crippen molar-refractivity contribution in [3.05, 3.63) is 0 Å². The van der Waals surface area contributed by atoms with Crippen molar-refractivity contribution in [3.8, 4) is 0 Å². The van der Waals surface area contributed by atoms with E-state index in [1.807, 2.05) is 27.7 Å². The van der Waals surface area contributed by atoms with Crippen LogP contribution >= 0.6 is 24.8 Å². The van der Waals surface area contributed by atoms with Crippen molar-refractivity contribution in [2.45, 2.75) is 39.3 Å². The Bertz CT molecular complexity index is 262. The third-order valence-electron chi connectivity index (χ3n) is 2.57. The minimum atomic E-state index is -0.417. The van der Waals surface area contributed by atoms with Crippen molar-refractivity contribution in [1.82, 2.24) is 9.80 Å². The van der Waals surface area contributed by atoms with Crippen molar-refractivity contribution < 1.29 is 9.53 Å². The summed E-state index contributed by atoms with van der Waals surface area (Å²) in [5.41, 5.74) is 5.34. The Morgan fingerprint density at radius 3 is 2.05 bits per heavy atom. The van der Waals surface area contributed by atoms with Gasteiger partial charge in [0.25, 0.3) is 0 Å². The third-order valence-corrected chi connectivity index (χ3v) is 2.57. The summed E-state index contributed by atoms with van der Waals surface area (Å²) < 4.78 is 5.34. The van der Waals surface area contributed by atoms with E-state index in [0.717, 1.165) is 32.7 Å². The van der Waals surface area contributed by atoms with Gasteiger partial charge in [-0.3, -0.25) is 4.90 Å². The van der Waals surface area contributed by atoms with Gasteiger partial charge < -0.3 is 15.4 Å². The number of halogens is 2. The number of ether oxygens (including phenoxy) is 1. The molecule has 5 nitrogen and oxygen atoms in total. The SMILES string of the molecule is C[C@@H](N)CN1CCN(C(=O)OC(C)(C)C)CC1.Cl.Cl. The fourth-order valence-electron chi connectivity index (χ4n) is 1.85. The van der Waals surface area contributed by atoms with E-state index < -0.39 is 5.60 Å². The van der Waals surface area contributed by atoms with E-state index >= 15 is 0 Å². The quantitative estimate of drug-likeness (QED) is 0.843. The van der Waals surface area contributed by atoms with Gasteiger partial charge in [0.15, 0.2) is 0 Å². The lowest BCUT2D eigenvalue weighted by atomic mass is 10.2. The molecule has 1 aliphatic heterocycles. The number of hydrogen-bond acceptors (Lipinski definition) is 4. The highest BCUT2D eigenvalue weighted by Gasteiger charge is 2.25. The average Bonchev–Trinajstić information content (AvgIpc) is 2.15. The maximum absolute atomic E-state index is 11.8. The van der Waals surface area contributed by atoms with Crippen LogP contribution < -0.4 is 5.73 Å². The summed E-state index contributed by atoms with van der Waals surface area (Å²) >= 11 is 0. The van der Waals surface area contributed by atoms with Crippen LogP contribution in [0.15, 0.2) is 0 Å². The molecule has 1 aliphatic rings. The molecular formula is C12H27Cl2N3O2. The van der Waals surface area contributed by atoms with Crippen LogP contribution in [0.1, 0.15) is 27.7 Å². The second-order valence-electron chi connectivity index (χ2n) is 5.75. The zero-order valence-electron chi connectivity index (χ0n) is 12.2. The van der Waals surface area contributed by atoms with Gasteiger partial charge in [0.1, 0.15) is 5.60 Å². The van der Waals surface area contributed by atoms with Crippen LogP contribution in [0.4, 0.5) is 4.79 Å². The van der Waals surface area contributed by atoms with E-state index in [1.54, 1.807) is 4.90 Å². The molecule has 0 aromatic rings. The van der Waals surface area contributed by atoms with Gasteiger partial charge in [-0.1, -0.05) is 0 Å². The van der Waals surface area contributed by atoms with Crippen LogP contribution in [0.5, 0.6) is 0 Å². The van der Waals surface area contributed by atoms with Gasteiger partial charge in [0, 0.05) is 38.8 Å². The molecule has 1 amide bonds. The second kappa shape index (κ2) is 8.84. The Labute approximate surface area is 128 Å². The Kier molecular flexibility index (Phi) is 9.81. The largest absolute Gasteiger partial charge is 0.444 e. The van der Waals surface area contributed by atoms with E-state index in [2.05, 4.69) is 4.90 Å². The molecule has 19 heavy (non-hydrogen) atoms. The fourth-order valence-corrected chi connectivity index (χ4v) is 1.85. The van der Waals surface area contributed by atoms with Crippen molar-refractivity contribution in [3.63, 3.8) is 0 Å². The molecule has 1 atom stereocenters. The highest BCUT2D eigenvalue weighted by molar-refractivity contribution is 5.85. The lowest BCUT2D eigenvalue weighted by Gasteiger charge is -2.36. The van der Waals surface area contributed by atoms with Gasteiger partial charge in [-0.25, -0.2) is 4.79 Å². The number of carbonyl (C=O) groups excluding carboxylic acids is 1. The normalized spacial score (nSPS) is 18.1. The molecule has 2 N–H and O–H groups in total. The molecule has 1 saturated heterocycles. The molecule has 116 valence electrons. The summed E-state index contributed by atoms with van der Waals surface area (Å²) in [6.45, 7) is 11.7. The molecule has 0 aliphatic carbocycles. The van der Waals surface area contributed by atoms with Crippen molar-refractivity contribution >= 4 is 30.9 Å². The van der Waals surface area contributed by atoms with Crippen LogP contribution in [0.3, 0.4) is 0 Å². The molecule has 1 rings (SSSR count). The van der Waals surface area contributed by atoms with Crippen LogP contribution in [0.25, 0.3) is 0 Å². The minimum absolute atomic E-state index is 0. The molecule has 1 fully saturated rings. The van der Waals surface area contributed by atoms with Crippen molar-refractivity contribution in [2.75, 3.05) is 32.7 Å². The number of hydrogen-bond donors (Lipinski definition) is 1. The van der Waals surface area contributed by atoms with Gasteiger partial charge in [0.2, 0.25) is 0 Å². The van der Waals surface area contributed by atoms with Gasteiger partial charge in [-0.2, -0.15) is 0 Å². The minimum Gasteiger partial charge on any atom is -0.444 e. The van der Waals surface area contributed by atoms with Crippen LogP contribution in [-0.2, 0) is 4.74 Å². The fraction of sp³-hybridized carbons (Fsp3) is 0.917. The van der Waals surface area contributed by atoms with Gasteiger partial charge in [-0.15, -0.1) is 24.8 Å². The lowest BCUT2D eigenvalue weighted by molar-refractivity contribution is 0.0143. The van der Waals surface area contributed by atoms with E-state index in [0.29, 0.717) is 0 Å². The van der Waals surface area contributed by atoms with E-state index in [4.69, 9.17) is 10.5 Å². The summed E-state index contributed by atoms with van der Waals surface area (Å²) in [4.78, 5) is 15.9. The number of amides is 1. The summed E-state index contributed by atoms with van der Waals surface area (Å²) in [5, 5.41) is 0. The van der Waals surface area contributed by atoms with Crippen molar-refractivity contribution in [1.29, 1.82) is 0 Å². The number of nitrogens with zero attached hydrogens (tertiary/aromatic N) is 2. The summed E-state index contributed by atoms with van der Waals surface area (Å²) in [6.07, 6.45) is -0.210. The number of carbonyl (C=O) groups is 1. The lowest BCUT2D eigenvalue weighted by Crippen LogP contribution is -2.51. The number of piperazine rings is 1. The summed E-state index contributed by atoms with van der Waals surface area (Å²) in [6, 6.07) is 0.183. The first kappa shape index (κ1) is 21.1. The topological polar surface area (TPSA) is 58.8 Å². The smallest absolute Gasteiger partial charge is 0.410 e. The molecule has 0 aromatic carbocycles. The van der Waals surface area contributed by atoms with Crippen LogP contribution in [-0.4, -0.2) is 60.3 Å². The average molecular weight is 316 g/mol. The Morgan fingerprint density at radius 2 is 1.68 bits per heavy atom. The van der Waals surface area contributed by atoms with E-state index in [-0.39, 0.29) is 36.9 Å². The number of nitrogens with two attached hydrogens (primary N) is 1. The predicted molar refractivity (Wildman–Crippen MR) is 82.4 cm³/mol. The first-order valence-corrected chi connectivity index (χ1v) is 6.24. The maximum atomic E-state index is 11.8. The molecule has 0 bridgehead atoms.